The number of likely N-dealkylation sites (tertiary alicyclic amines) is 1. The average Bonchev–Trinajstić information content (AvgIpc) is 3.28. The maximum atomic E-state index is 13.0. The summed E-state index contributed by atoms with van der Waals surface area (Å²) in [5, 5.41) is 2.92. The normalized spacial score (nSPS) is 20.1. The fourth-order valence-electron chi connectivity index (χ4n) is 3.98. The van der Waals surface area contributed by atoms with Crippen LogP contribution in [0.4, 0.5) is 24.8 Å². The van der Waals surface area contributed by atoms with E-state index in [0.29, 0.717) is 37.9 Å². The zero-order valence-corrected chi connectivity index (χ0v) is 17.2. The zero-order chi connectivity index (χ0) is 22.0. The molecule has 4 heterocycles. The molecule has 2 aliphatic rings. The molecule has 1 unspecified atom stereocenters. The summed E-state index contributed by atoms with van der Waals surface area (Å²) in [5.41, 5.74) is 0.0508. The second kappa shape index (κ2) is 8.78. The van der Waals surface area contributed by atoms with Gasteiger partial charge in [-0.15, -0.1) is 0 Å². The zero-order valence-electron chi connectivity index (χ0n) is 17.2. The van der Waals surface area contributed by atoms with Crippen LogP contribution in [0, 0.1) is 0 Å². The van der Waals surface area contributed by atoms with Crippen LogP contribution in [0.3, 0.4) is 0 Å². The third-order valence-corrected chi connectivity index (χ3v) is 5.76. The minimum Gasteiger partial charge on any atom is -0.381 e. The first-order valence-electron chi connectivity index (χ1n) is 10.3. The molecule has 0 spiro atoms. The smallest absolute Gasteiger partial charge is 0.381 e. The molecule has 0 radical (unpaired) electrons. The largest absolute Gasteiger partial charge is 0.416 e. The molecule has 10 heteroatoms. The number of piperidine rings is 1. The number of nitrogens with one attached hydrogen (secondary N) is 1. The molecule has 166 valence electrons. The van der Waals surface area contributed by atoms with Crippen molar-refractivity contribution in [2.45, 2.75) is 44.2 Å². The van der Waals surface area contributed by atoms with Crippen molar-refractivity contribution in [2.75, 3.05) is 31.6 Å². The van der Waals surface area contributed by atoms with E-state index in [4.69, 9.17) is 9.72 Å². The number of anilines is 2. The van der Waals surface area contributed by atoms with E-state index in [1.165, 1.54) is 0 Å². The number of rotatable bonds is 4. The Morgan fingerprint density at radius 2 is 1.90 bits per heavy atom. The number of hydrogen-bond donors (Lipinski definition) is 1. The van der Waals surface area contributed by atoms with Gasteiger partial charge in [-0.05, 0) is 31.4 Å². The first-order chi connectivity index (χ1) is 14.8. The van der Waals surface area contributed by atoms with Gasteiger partial charge in [-0.25, -0.2) is 15.0 Å². The summed E-state index contributed by atoms with van der Waals surface area (Å²) in [5.74, 6) is 1.36. The predicted octanol–water partition coefficient (Wildman–Crippen LogP) is 3.86. The van der Waals surface area contributed by atoms with Gasteiger partial charge in [-0.1, -0.05) is 0 Å². The molecule has 2 aromatic rings. The van der Waals surface area contributed by atoms with Gasteiger partial charge >= 0.3 is 6.18 Å². The van der Waals surface area contributed by atoms with Gasteiger partial charge in [0, 0.05) is 56.4 Å². The highest BCUT2D eigenvalue weighted by atomic mass is 19.4. The van der Waals surface area contributed by atoms with Crippen molar-refractivity contribution >= 4 is 17.5 Å². The van der Waals surface area contributed by atoms with Crippen LogP contribution in [0.5, 0.6) is 0 Å². The predicted molar refractivity (Wildman–Crippen MR) is 107 cm³/mol. The number of nitrogens with zero attached hydrogens (tertiary/aromatic N) is 4. The van der Waals surface area contributed by atoms with Crippen LogP contribution in [-0.2, 0) is 15.7 Å². The fourth-order valence-corrected chi connectivity index (χ4v) is 3.98. The van der Waals surface area contributed by atoms with Crippen LogP contribution >= 0.6 is 0 Å². The topological polar surface area (TPSA) is 80.2 Å². The van der Waals surface area contributed by atoms with E-state index in [9.17, 15) is 18.0 Å². The number of ether oxygens (including phenoxy) is 1. The molecule has 7 nitrogen and oxygen atoms in total. The van der Waals surface area contributed by atoms with Gasteiger partial charge in [0.2, 0.25) is 5.91 Å². The lowest BCUT2D eigenvalue weighted by Crippen LogP contribution is -2.36. The molecule has 2 aromatic heterocycles. The lowest BCUT2D eigenvalue weighted by Gasteiger charge is -2.31. The Morgan fingerprint density at radius 3 is 2.55 bits per heavy atom. The van der Waals surface area contributed by atoms with E-state index in [-0.39, 0.29) is 23.6 Å². The van der Waals surface area contributed by atoms with Gasteiger partial charge in [-0.2, -0.15) is 13.2 Å². The number of alkyl halides is 3. The first-order valence-corrected chi connectivity index (χ1v) is 10.3. The summed E-state index contributed by atoms with van der Waals surface area (Å²) < 4.78 is 44.6. The van der Waals surface area contributed by atoms with Gasteiger partial charge < -0.3 is 15.0 Å². The summed E-state index contributed by atoms with van der Waals surface area (Å²) in [4.78, 5) is 26.8. The molecule has 1 amide bonds. The number of carbonyl (C=O) groups excluding carboxylic acids is 1. The molecule has 2 saturated heterocycles. The van der Waals surface area contributed by atoms with Crippen molar-refractivity contribution in [3.63, 3.8) is 0 Å². The maximum Gasteiger partial charge on any atom is 0.416 e. The Labute approximate surface area is 178 Å². The molecule has 0 bridgehead atoms. The fraction of sp³-hybridized carbons (Fsp3) is 0.524. The number of amides is 1. The maximum absolute atomic E-state index is 13.0. The lowest BCUT2D eigenvalue weighted by molar-refractivity contribution is -0.137. The number of aromatic nitrogens is 3. The van der Waals surface area contributed by atoms with Crippen molar-refractivity contribution in [3.8, 4) is 0 Å². The highest BCUT2D eigenvalue weighted by Crippen LogP contribution is 2.33. The molecule has 1 atom stereocenters. The van der Waals surface area contributed by atoms with Crippen molar-refractivity contribution in [2.24, 2.45) is 0 Å². The number of carbonyl (C=O) groups is 1. The van der Waals surface area contributed by atoms with E-state index in [1.54, 1.807) is 13.0 Å². The van der Waals surface area contributed by atoms with Crippen LogP contribution in [0.2, 0.25) is 0 Å². The molecule has 4 rings (SSSR count). The third-order valence-electron chi connectivity index (χ3n) is 5.76. The second-order valence-corrected chi connectivity index (χ2v) is 7.93. The van der Waals surface area contributed by atoms with Crippen molar-refractivity contribution in [1.82, 2.24) is 19.9 Å². The van der Waals surface area contributed by atoms with E-state index >= 15 is 0 Å². The Bertz CT molecular complexity index is 939. The minimum atomic E-state index is -4.45. The van der Waals surface area contributed by atoms with E-state index in [0.717, 1.165) is 43.3 Å². The standard InChI is InChI=1S/C21H24F3N5O2/c1-13(30)29-7-3-14(4-8-29)17-11-19(28-20(26-17)15-5-9-31-12-15)27-18-10-16(2-6-25-18)21(22,23)24/h2,6,10-11,14-15H,3-5,7-9,12H2,1H3,(H,25,26,27,28). The second-order valence-electron chi connectivity index (χ2n) is 7.93. The average molecular weight is 435 g/mol. The summed E-state index contributed by atoms with van der Waals surface area (Å²) in [7, 11) is 0. The lowest BCUT2D eigenvalue weighted by atomic mass is 9.93. The SMILES string of the molecule is CC(=O)N1CCC(c2cc(Nc3cc(C(F)(F)F)ccn3)nc(C3CCOC3)n2)CC1. The Hall–Kier alpha value is -2.75. The third kappa shape index (κ3) is 5.12. The van der Waals surface area contributed by atoms with Crippen molar-refractivity contribution < 1.29 is 22.7 Å². The molecule has 2 aliphatic heterocycles. The molecule has 2 fully saturated rings. The molecule has 0 aliphatic carbocycles. The summed E-state index contributed by atoms with van der Waals surface area (Å²) in [6.07, 6.45) is -0.978. The van der Waals surface area contributed by atoms with Crippen molar-refractivity contribution in [1.29, 1.82) is 0 Å². The van der Waals surface area contributed by atoms with Gasteiger partial charge in [0.25, 0.3) is 0 Å². The molecular weight excluding hydrogens is 411 g/mol. The van der Waals surface area contributed by atoms with Gasteiger partial charge in [-0.3, -0.25) is 4.79 Å². The van der Waals surface area contributed by atoms with Gasteiger partial charge in [0.05, 0.1) is 12.2 Å². The molecule has 0 aromatic carbocycles. The van der Waals surface area contributed by atoms with Crippen LogP contribution in [0.25, 0.3) is 0 Å². The van der Waals surface area contributed by atoms with Crippen molar-refractivity contribution in [3.05, 3.63) is 41.5 Å². The molecule has 0 saturated carbocycles. The van der Waals surface area contributed by atoms with Crippen LogP contribution < -0.4 is 5.32 Å². The molecule has 31 heavy (non-hydrogen) atoms. The van der Waals surface area contributed by atoms with Crippen LogP contribution in [0.15, 0.2) is 24.4 Å². The number of halogens is 3. The van der Waals surface area contributed by atoms with Gasteiger partial charge in [0.1, 0.15) is 17.5 Å². The molecule has 1 N–H and O–H groups in total. The Balaban J connectivity index is 1.61. The molecular formula is C21H24F3N5O2. The Morgan fingerprint density at radius 1 is 1.13 bits per heavy atom. The number of hydrogen-bond acceptors (Lipinski definition) is 6. The highest BCUT2D eigenvalue weighted by Gasteiger charge is 2.31. The summed E-state index contributed by atoms with van der Waals surface area (Å²) in [6.45, 7) is 4.03. The van der Waals surface area contributed by atoms with Gasteiger partial charge in [0.15, 0.2) is 0 Å². The van der Waals surface area contributed by atoms with E-state index in [2.05, 4.69) is 15.3 Å². The Kier molecular flexibility index (Phi) is 6.08. The highest BCUT2D eigenvalue weighted by molar-refractivity contribution is 5.73. The van der Waals surface area contributed by atoms with E-state index < -0.39 is 11.7 Å². The first kappa shape index (κ1) is 21.5. The quantitative estimate of drug-likeness (QED) is 0.786. The summed E-state index contributed by atoms with van der Waals surface area (Å²) >= 11 is 0. The summed E-state index contributed by atoms with van der Waals surface area (Å²) in [6, 6.07) is 3.67. The van der Waals surface area contributed by atoms with Crippen LogP contribution in [-0.4, -0.2) is 52.1 Å². The number of pyridine rings is 1. The minimum absolute atomic E-state index is 0.0484. The van der Waals surface area contributed by atoms with Crippen LogP contribution in [0.1, 0.15) is 55.1 Å². The van der Waals surface area contributed by atoms with E-state index in [1.807, 2.05) is 4.90 Å². The monoisotopic (exact) mass is 435 g/mol.